The van der Waals surface area contributed by atoms with E-state index in [0.717, 1.165) is 31.4 Å². The maximum Gasteiger partial charge on any atom is 0.227 e. The number of rotatable bonds is 6. The van der Waals surface area contributed by atoms with Gasteiger partial charge in [0.15, 0.2) is 0 Å². The van der Waals surface area contributed by atoms with Gasteiger partial charge in [-0.2, -0.15) is 0 Å². The van der Waals surface area contributed by atoms with Gasteiger partial charge in [0.05, 0.1) is 12.2 Å². The van der Waals surface area contributed by atoms with Gasteiger partial charge >= 0.3 is 0 Å². The van der Waals surface area contributed by atoms with Crippen LogP contribution in [0.2, 0.25) is 0 Å². The summed E-state index contributed by atoms with van der Waals surface area (Å²) < 4.78 is 13.3. The van der Waals surface area contributed by atoms with Crippen molar-refractivity contribution < 1.29 is 14.0 Å². The summed E-state index contributed by atoms with van der Waals surface area (Å²) in [6.45, 7) is 0.807. The molecule has 1 N–H and O–H groups in total. The molecule has 2 fully saturated rings. The monoisotopic (exact) mass is 439 g/mol. The van der Waals surface area contributed by atoms with Crippen LogP contribution in [0.3, 0.4) is 0 Å². The summed E-state index contributed by atoms with van der Waals surface area (Å²) in [5.41, 5.74) is 1.45. The molecule has 2 aromatic rings. The minimum atomic E-state index is -0.331. The van der Waals surface area contributed by atoms with Gasteiger partial charge in [0, 0.05) is 50.7 Å². The summed E-state index contributed by atoms with van der Waals surface area (Å²) in [7, 11) is 3.60. The van der Waals surface area contributed by atoms with Gasteiger partial charge in [0.1, 0.15) is 17.5 Å². The van der Waals surface area contributed by atoms with Crippen molar-refractivity contribution in [2.75, 3.05) is 30.9 Å². The van der Waals surface area contributed by atoms with Crippen molar-refractivity contribution in [1.29, 1.82) is 0 Å². The summed E-state index contributed by atoms with van der Waals surface area (Å²) in [4.78, 5) is 38.1. The molecule has 0 radical (unpaired) electrons. The summed E-state index contributed by atoms with van der Waals surface area (Å²) in [5, 5.41) is 3.06. The van der Waals surface area contributed by atoms with E-state index in [1.54, 1.807) is 36.0 Å². The summed E-state index contributed by atoms with van der Waals surface area (Å²) >= 11 is 0. The molecule has 1 saturated carbocycles. The molecule has 0 bridgehead atoms. The number of amides is 2. The third-order valence-corrected chi connectivity index (χ3v) is 6.44. The Morgan fingerprint density at radius 3 is 2.59 bits per heavy atom. The van der Waals surface area contributed by atoms with Crippen molar-refractivity contribution in [2.24, 2.45) is 5.92 Å². The number of nitrogens with one attached hydrogen (secondary N) is 1. The fourth-order valence-electron chi connectivity index (χ4n) is 4.65. The first kappa shape index (κ1) is 22.2. The Labute approximate surface area is 188 Å². The van der Waals surface area contributed by atoms with Crippen molar-refractivity contribution >= 4 is 23.3 Å². The maximum absolute atomic E-state index is 13.3. The van der Waals surface area contributed by atoms with Crippen molar-refractivity contribution in [3.8, 4) is 0 Å². The molecule has 32 heavy (non-hydrogen) atoms. The van der Waals surface area contributed by atoms with Crippen LogP contribution < -0.4 is 10.2 Å². The molecule has 1 saturated heterocycles. The molecule has 2 aliphatic rings. The van der Waals surface area contributed by atoms with Crippen LogP contribution in [-0.2, 0) is 16.1 Å². The topological polar surface area (TPSA) is 78.4 Å². The van der Waals surface area contributed by atoms with Crippen LogP contribution in [0, 0.1) is 11.7 Å². The van der Waals surface area contributed by atoms with Crippen LogP contribution in [0.4, 0.5) is 15.9 Å². The lowest BCUT2D eigenvalue weighted by molar-refractivity contribution is -0.135. The van der Waals surface area contributed by atoms with E-state index in [9.17, 15) is 14.0 Å². The maximum atomic E-state index is 13.3. The number of benzene rings is 1. The van der Waals surface area contributed by atoms with Crippen LogP contribution in [0.1, 0.15) is 56.0 Å². The van der Waals surface area contributed by atoms with Crippen LogP contribution in [0.5, 0.6) is 0 Å². The molecule has 0 spiro atoms. The predicted molar refractivity (Wildman–Crippen MR) is 121 cm³/mol. The molecule has 4 rings (SSSR count). The number of carbonyl (C=O) groups is 2. The predicted octanol–water partition coefficient (Wildman–Crippen LogP) is 3.72. The highest BCUT2D eigenvalue weighted by atomic mass is 19.1. The van der Waals surface area contributed by atoms with E-state index in [4.69, 9.17) is 4.98 Å². The lowest BCUT2D eigenvalue weighted by atomic mass is 9.88. The van der Waals surface area contributed by atoms with E-state index >= 15 is 0 Å². The molecule has 2 amide bonds. The zero-order chi connectivity index (χ0) is 22.7. The van der Waals surface area contributed by atoms with Gasteiger partial charge in [-0.3, -0.25) is 9.59 Å². The minimum Gasteiger partial charge on any atom is -0.373 e. The van der Waals surface area contributed by atoms with Crippen molar-refractivity contribution in [2.45, 2.75) is 51.0 Å². The largest absolute Gasteiger partial charge is 0.373 e. The van der Waals surface area contributed by atoms with E-state index in [0.29, 0.717) is 36.8 Å². The highest BCUT2D eigenvalue weighted by molar-refractivity contribution is 5.96. The quantitative estimate of drug-likeness (QED) is 0.742. The second-order valence-electron chi connectivity index (χ2n) is 8.76. The first-order valence-electron chi connectivity index (χ1n) is 11.3. The Balaban J connectivity index is 1.50. The van der Waals surface area contributed by atoms with Crippen LogP contribution in [0.25, 0.3) is 0 Å². The molecule has 1 atom stereocenters. The number of halogens is 1. The van der Waals surface area contributed by atoms with E-state index in [2.05, 4.69) is 10.3 Å². The average Bonchev–Trinajstić information content (AvgIpc) is 3.21. The Kier molecular flexibility index (Phi) is 6.67. The summed E-state index contributed by atoms with van der Waals surface area (Å²) in [6.07, 6.45) is 5.67. The van der Waals surface area contributed by atoms with Gasteiger partial charge in [-0.15, -0.1) is 0 Å². The van der Waals surface area contributed by atoms with Gasteiger partial charge in [0.2, 0.25) is 11.8 Å². The van der Waals surface area contributed by atoms with Gasteiger partial charge in [-0.1, -0.05) is 19.3 Å². The van der Waals surface area contributed by atoms with Crippen LogP contribution in [0.15, 0.2) is 30.3 Å². The third-order valence-electron chi connectivity index (χ3n) is 6.44. The normalized spacial score (nSPS) is 19.3. The molecule has 0 unspecified atom stereocenters. The molecule has 1 aliphatic carbocycles. The number of hydrogen-bond acceptors (Lipinski definition) is 5. The van der Waals surface area contributed by atoms with E-state index in [1.807, 2.05) is 6.07 Å². The van der Waals surface area contributed by atoms with Crippen molar-refractivity contribution in [3.63, 3.8) is 0 Å². The number of nitrogens with zero attached hydrogens (tertiary/aromatic N) is 4. The smallest absolute Gasteiger partial charge is 0.227 e. The van der Waals surface area contributed by atoms with E-state index in [1.165, 1.54) is 18.6 Å². The SMILES string of the molecule is CNc1cc([C@H]2CC(=O)N(c3ccc(F)cc3)C2)nc(CN(C)C(=O)C2CCCCC2)n1. The Hall–Kier alpha value is -3.03. The van der Waals surface area contributed by atoms with Crippen LogP contribution in [-0.4, -0.2) is 47.3 Å². The van der Waals surface area contributed by atoms with Crippen molar-refractivity contribution in [1.82, 2.24) is 14.9 Å². The molecule has 170 valence electrons. The van der Waals surface area contributed by atoms with E-state index < -0.39 is 0 Å². The first-order chi connectivity index (χ1) is 15.4. The third kappa shape index (κ3) is 4.89. The Bertz CT molecular complexity index is 975. The van der Waals surface area contributed by atoms with Gasteiger partial charge in [-0.25, -0.2) is 14.4 Å². The van der Waals surface area contributed by atoms with Crippen molar-refractivity contribution in [3.05, 3.63) is 47.7 Å². The molecule has 2 heterocycles. The zero-order valence-electron chi connectivity index (χ0n) is 18.7. The standard InChI is InChI=1S/C24H30FN5O2/c1-26-21-13-20(17-12-23(31)30(14-17)19-10-8-18(25)9-11-19)27-22(28-21)15-29(2)24(32)16-6-4-3-5-7-16/h8-11,13,16-17H,3-7,12,14-15H2,1-2H3,(H,26,27,28)/t17-/m0/s1. The highest BCUT2D eigenvalue weighted by Crippen LogP contribution is 2.32. The van der Waals surface area contributed by atoms with Crippen LogP contribution >= 0.6 is 0 Å². The fourth-order valence-corrected chi connectivity index (χ4v) is 4.65. The molecule has 1 aromatic heterocycles. The summed E-state index contributed by atoms with van der Waals surface area (Å²) in [6, 6.07) is 7.81. The average molecular weight is 440 g/mol. The van der Waals surface area contributed by atoms with Gasteiger partial charge < -0.3 is 15.1 Å². The Morgan fingerprint density at radius 1 is 1.19 bits per heavy atom. The van der Waals surface area contributed by atoms with Gasteiger partial charge in [-0.05, 0) is 37.1 Å². The van der Waals surface area contributed by atoms with E-state index in [-0.39, 0.29) is 29.5 Å². The number of aromatic nitrogens is 2. The molecule has 1 aliphatic heterocycles. The second kappa shape index (κ2) is 9.63. The molecule has 7 nitrogen and oxygen atoms in total. The molecular formula is C24H30FN5O2. The zero-order valence-corrected chi connectivity index (χ0v) is 18.7. The summed E-state index contributed by atoms with van der Waals surface area (Å²) in [5.74, 6) is 1.03. The number of carbonyl (C=O) groups excluding carboxylic acids is 2. The number of anilines is 2. The minimum absolute atomic E-state index is 0.0163. The molecule has 8 heteroatoms. The number of hydrogen-bond donors (Lipinski definition) is 1. The molecular weight excluding hydrogens is 409 g/mol. The van der Waals surface area contributed by atoms with Gasteiger partial charge in [0.25, 0.3) is 0 Å². The lowest BCUT2D eigenvalue weighted by Crippen LogP contribution is -2.34. The Morgan fingerprint density at radius 2 is 1.91 bits per heavy atom. The highest BCUT2D eigenvalue weighted by Gasteiger charge is 2.33. The molecule has 1 aromatic carbocycles. The second-order valence-corrected chi connectivity index (χ2v) is 8.76. The fraction of sp³-hybridized carbons (Fsp3) is 0.500. The first-order valence-corrected chi connectivity index (χ1v) is 11.3. The lowest BCUT2D eigenvalue weighted by Gasteiger charge is -2.26.